The van der Waals surface area contributed by atoms with Gasteiger partial charge in [-0.3, -0.25) is 14.4 Å². The van der Waals surface area contributed by atoms with Crippen molar-refractivity contribution in [2.45, 2.75) is 264 Å². The third-order valence-electron chi connectivity index (χ3n) is 11.9. The normalized spacial score (nSPS) is 12.8. The molecule has 0 aliphatic heterocycles. The predicted octanol–water partition coefficient (Wildman–Crippen LogP) is 18.9. The molecule has 6 nitrogen and oxygen atoms in total. The second kappa shape index (κ2) is 55.9. The van der Waals surface area contributed by atoms with E-state index in [-0.39, 0.29) is 37.5 Å². The predicted molar refractivity (Wildman–Crippen MR) is 293 cm³/mol. The Morgan fingerprint density at radius 1 is 0.324 bits per heavy atom. The van der Waals surface area contributed by atoms with Crippen LogP contribution in [0.15, 0.2) is 97.2 Å². The highest BCUT2D eigenvalue weighted by Crippen LogP contribution is 2.15. The first-order valence-corrected chi connectivity index (χ1v) is 28.3. The van der Waals surface area contributed by atoms with Crippen LogP contribution < -0.4 is 0 Å². The molecule has 0 N–H and O–H groups in total. The van der Waals surface area contributed by atoms with E-state index in [1.54, 1.807) is 0 Å². The molecule has 0 spiro atoms. The summed E-state index contributed by atoms with van der Waals surface area (Å²) in [6.07, 6.45) is 74.0. The van der Waals surface area contributed by atoms with Crippen molar-refractivity contribution in [1.29, 1.82) is 0 Å². The van der Waals surface area contributed by atoms with Crippen LogP contribution in [-0.4, -0.2) is 37.2 Å². The van der Waals surface area contributed by atoms with E-state index in [0.29, 0.717) is 19.3 Å². The Morgan fingerprint density at radius 2 is 0.647 bits per heavy atom. The van der Waals surface area contributed by atoms with Gasteiger partial charge < -0.3 is 14.2 Å². The highest BCUT2D eigenvalue weighted by atomic mass is 16.6. The lowest BCUT2D eigenvalue weighted by Gasteiger charge is -2.18. The number of ether oxygens (including phenoxy) is 3. The van der Waals surface area contributed by atoms with Crippen molar-refractivity contribution in [3.63, 3.8) is 0 Å². The fraction of sp³-hybridized carbons (Fsp3) is 0.694. The summed E-state index contributed by atoms with van der Waals surface area (Å²) in [6.45, 7) is 6.45. The molecule has 0 aromatic carbocycles. The number of hydrogen-bond donors (Lipinski definition) is 0. The van der Waals surface area contributed by atoms with Crippen molar-refractivity contribution in [1.82, 2.24) is 0 Å². The molecular formula is C62H104O6. The van der Waals surface area contributed by atoms with Gasteiger partial charge >= 0.3 is 17.9 Å². The second-order valence-electron chi connectivity index (χ2n) is 18.5. The van der Waals surface area contributed by atoms with Gasteiger partial charge in [-0.25, -0.2) is 0 Å². The van der Waals surface area contributed by atoms with Crippen LogP contribution in [0.25, 0.3) is 0 Å². The molecule has 0 saturated heterocycles. The Balaban J connectivity index is 4.52. The third kappa shape index (κ3) is 53.3. The van der Waals surface area contributed by atoms with Gasteiger partial charge in [0.2, 0.25) is 0 Å². The lowest BCUT2D eigenvalue weighted by molar-refractivity contribution is -0.166. The first kappa shape index (κ1) is 64.3. The molecular weight excluding hydrogens is 841 g/mol. The minimum Gasteiger partial charge on any atom is -0.462 e. The second-order valence-corrected chi connectivity index (χ2v) is 18.5. The van der Waals surface area contributed by atoms with Crippen molar-refractivity contribution in [3.8, 4) is 0 Å². The Kier molecular flexibility index (Phi) is 52.9. The highest BCUT2D eigenvalue weighted by molar-refractivity contribution is 5.71. The van der Waals surface area contributed by atoms with Crippen LogP contribution in [0.2, 0.25) is 0 Å². The smallest absolute Gasteiger partial charge is 0.306 e. The largest absolute Gasteiger partial charge is 0.462 e. The van der Waals surface area contributed by atoms with Gasteiger partial charge in [0.05, 0.1) is 0 Å². The van der Waals surface area contributed by atoms with Gasteiger partial charge in [0.15, 0.2) is 6.10 Å². The number of unbranched alkanes of at least 4 members (excludes halogenated alkanes) is 24. The van der Waals surface area contributed by atoms with E-state index in [9.17, 15) is 14.4 Å². The summed E-state index contributed by atoms with van der Waals surface area (Å²) >= 11 is 0. The lowest BCUT2D eigenvalue weighted by Crippen LogP contribution is -2.30. The summed E-state index contributed by atoms with van der Waals surface area (Å²) in [5, 5.41) is 0. The van der Waals surface area contributed by atoms with Gasteiger partial charge in [-0.05, 0) is 83.5 Å². The summed E-state index contributed by atoms with van der Waals surface area (Å²) in [4.78, 5) is 38.1. The number of hydrogen-bond acceptors (Lipinski definition) is 6. The third-order valence-corrected chi connectivity index (χ3v) is 11.9. The summed E-state index contributed by atoms with van der Waals surface area (Å²) in [6, 6.07) is 0. The van der Waals surface area contributed by atoms with E-state index in [0.717, 1.165) is 96.3 Å². The van der Waals surface area contributed by atoms with E-state index >= 15 is 0 Å². The molecule has 0 aromatic heterocycles. The monoisotopic (exact) mass is 945 g/mol. The molecule has 388 valence electrons. The molecule has 0 fully saturated rings. The molecule has 0 heterocycles. The van der Waals surface area contributed by atoms with Crippen molar-refractivity contribution < 1.29 is 28.6 Å². The molecule has 0 aromatic rings. The van der Waals surface area contributed by atoms with Gasteiger partial charge in [0.25, 0.3) is 0 Å². The molecule has 0 aliphatic carbocycles. The standard InChI is InChI=1S/C62H104O6/c1-4-7-10-13-16-19-22-25-27-29-31-33-34-37-40-43-46-49-52-55-61(64)67-58-59(57-66-60(63)54-51-48-45-42-39-36-24-21-18-15-12-9-6-3)68-62(65)56-53-50-47-44-41-38-35-32-30-28-26-23-20-17-14-11-8-5-2/h7,10,16,19,25,27-28,30-33,35,37,40,46,49,59H,4-6,8-9,11-15,17-18,20-24,26,29,34,36,38-39,41-45,47-48,50-58H2,1-3H3/b10-7-,19-16-,27-25-,30-28-,33-31-,35-32-,40-37-,49-46-. The van der Waals surface area contributed by atoms with E-state index < -0.39 is 6.10 Å². The number of allylic oxidation sites excluding steroid dienone is 16. The maximum absolute atomic E-state index is 12.8. The zero-order valence-corrected chi connectivity index (χ0v) is 44.3. The molecule has 0 saturated carbocycles. The summed E-state index contributed by atoms with van der Waals surface area (Å²) < 4.78 is 16.8. The molecule has 0 amide bonds. The molecule has 0 bridgehead atoms. The Hall–Kier alpha value is -3.67. The average molecular weight is 946 g/mol. The average Bonchev–Trinajstić information content (AvgIpc) is 3.34. The van der Waals surface area contributed by atoms with Crippen LogP contribution in [-0.2, 0) is 28.6 Å². The first-order chi connectivity index (χ1) is 33.5. The van der Waals surface area contributed by atoms with Crippen LogP contribution in [0, 0.1) is 0 Å². The Morgan fingerprint density at radius 3 is 1.04 bits per heavy atom. The van der Waals surface area contributed by atoms with E-state index in [2.05, 4.69) is 112 Å². The SMILES string of the molecule is CC/C=C\C/C=C\C/C=C\C/C=C\C/C=C\C/C=C\CCC(=O)OCC(COC(=O)CCCCCCCCCCCCCCC)OC(=O)CCCCCCC/C=C\C=C/CCCCCCCCC. The topological polar surface area (TPSA) is 78.9 Å². The van der Waals surface area contributed by atoms with Crippen LogP contribution >= 0.6 is 0 Å². The minimum atomic E-state index is -0.815. The fourth-order valence-corrected chi connectivity index (χ4v) is 7.64. The maximum atomic E-state index is 12.8. The number of esters is 3. The van der Waals surface area contributed by atoms with Crippen molar-refractivity contribution in [3.05, 3.63) is 97.2 Å². The number of carbonyl (C=O) groups excluding carboxylic acids is 3. The van der Waals surface area contributed by atoms with Crippen LogP contribution in [0.1, 0.15) is 258 Å². The van der Waals surface area contributed by atoms with Crippen molar-refractivity contribution in [2.24, 2.45) is 0 Å². The zero-order chi connectivity index (χ0) is 49.3. The van der Waals surface area contributed by atoms with Crippen molar-refractivity contribution >= 4 is 17.9 Å². The van der Waals surface area contributed by atoms with Gasteiger partial charge in [-0.2, -0.15) is 0 Å². The quantitative estimate of drug-likeness (QED) is 0.0199. The van der Waals surface area contributed by atoms with Crippen LogP contribution in [0.4, 0.5) is 0 Å². The molecule has 0 aliphatic rings. The summed E-state index contributed by atoms with van der Waals surface area (Å²) in [7, 11) is 0. The van der Waals surface area contributed by atoms with E-state index in [1.807, 2.05) is 6.08 Å². The van der Waals surface area contributed by atoms with E-state index in [4.69, 9.17) is 14.2 Å². The van der Waals surface area contributed by atoms with Crippen LogP contribution in [0.5, 0.6) is 0 Å². The minimum absolute atomic E-state index is 0.106. The van der Waals surface area contributed by atoms with Gasteiger partial charge in [-0.15, -0.1) is 0 Å². The maximum Gasteiger partial charge on any atom is 0.306 e. The summed E-state index contributed by atoms with van der Waals surface area (Å²) in [5.74, 6) is -1.01. The molecule has 1 atom stereocenters. The Bertz CT molecular complexity index is 1360. The van der Waals surface area contributed by atoms with E-state index in [1.165, 1.54) is 116 Å². The van der Waals surface area contributed by atoms with Gasteiger partial charge in [0, 0.05) is 19.3 Å². The fourth-order valence-electron chi connectivity index (χ4n) is 7.64. The first-order valence-electron chi connectivity index (χ1n) is 28.3. The van der Waals surface area contributed by atoms with Crippen LogP contribution in [0.3, 0.4) is 0 Å². The Labute approximate surface area is 419 Å². The molecule has 68 heavy (non-hydrogen) atoms. The lowest BCUT2D eigenvalue weighted by atomic mass is 10.0. The molecule has 6 heteroatoms. The number of rotatable bonds is 50. The molecule has 1 unspecified atom stereocenters. The van der Waals surface area contributed by atoms with Gasteiger partial charge in [-0.1, -0.05) is 253 Å². The highest BCUT2D eigenvalue weighted by Gasteiger charge is 2.19. The number of carbonyl (C=O) groups is 3. The van der Waals surface area contributed by atoms with Gasteiger partial charge in [0.1, 0.15) is 13.2 Å². The zero-order valence-electron chi connectivity index (χ0n) is 44.3. The summed E-state index contributed by atoms with van der Waals surface area (Å²) in [5.41, 5.74) is 0. The molecule has 0 rings (SSSR count). The molecule has 0 radical (unpaired) electrons. The van der Waals surface area contributed by atoms with Crippen molar-refractivity contribution in [2.75, 3.05) is 13.2 Å².